The van der Waals surface area contributed by atoms with Gasteiger partial charge in [0.05, 0.1) is 24.3 Å². The molecule has 0 fully saturated rings. The number of carbonyl (C=O) groups is 2. The van der Waals surface area contributed by atoms with Crippen LogP contribution in [0.4, 0.5) is 0 Å². The maximum atomic E-state index is 12.1. The lowest BCUT2D eigenvalue weighted by atomic mass is 10.2. The zero-order valence-electron chi connectivity index (χ0n) is 10.7. The van der Waals surface area contributed by atoms with Crippen molar-refractivity contribution in [3.8, 4) is 0 Å². The van der Waals surface area contributed by atoms with Crippen LogP contribution in [0.5, 0.6) is 0 Å². The molecule has 10 heteroatoms. The van der Waals surface area contributed by atoms with E-state index in [-0.39, 0.29) is 10.6 Å². The van der Waals surface area contributed by atoms with E-state index >= 15 is 0 Å². The Bertz CT molecular complexity index is 659. The van der Waals surface area contributed by atoms with Crippen molar-refractivity contribution in [3.05, 3.63) is 28.8 Å². The summed E-state index contributed by atoms with van der Waals surface area (Å²) in [4.78, 5) is 21.6. The minimum atomic E-state index is -4.32. The lowest BCUT2D eigenvalue weighted by molar-refractivity contribution is -0.143. The summed E-state index contributed by atoms with van der Waals surface area (Å²) in [6.45, 7) is -0.831. The second-order valence-electron chi connectivity index (χ2n) is 3.83. The standard InChI is InChI=1S/C11H12ClNO7S/c1-20-11(17)8(5-14)13-21(18,19)9-4-6(10(15)16)2-3-7(9)12/h2-4,8,13-14H,5H2,1H3,(H,15,16). The van der Waals surface area contributed by atoms with Gasteiger partial charge < -0.3 is 14.9 Å². The predicted molar refractivity (Wildman–Crippen MR) is 71.6 cm³/mol. The summed E-state index contributed by atoms with van der Waals surface area (Å²) >= 11 is 5.73. The number of carbonyl (C=O) groups excluding carboxylic acids is 1. The molecule has 0 heterocycles. The average molecular weight is 338 g/mol. The maximum absolute atomic E-state index is 12.1. The van der Waals surface area contributed by atoms with Gasteiger partial charge in [-0.1, -0.05) is 11.6 Å². The van der Waals surface area contributed by atoms with Gasteiger partial charge >= 0.3 is 11.9 Å². The highest BCUT2D eigenvalue weighted by atomic mass is 35.5. The normalized spacial score (nSPS) is 12.7. The smallest absolute Gasteiger partial charge is 0.335 e. The van der Waals surface area contributed by atoms with Gasteiger partial charge in [-0.3, -0.25) is 4.79 Å². The highest BCUT2D eigenvalue weighted by Crippen LogP contribution is 2.23. The van der Waals surface area contributed by atoms with E-state index in [2.05, 4.69) is 4.74 Å². The highest BCUT2D eigenvalue weighted by Gasteiger charge is 2.28. The molecule has 0 aliphatic carbocycles. The van der Waals surface area contributed by atoms with E-state index in [1.807, 2.05) is 4.72 Å². The Hall–Kier alpha value is -1.68. The summed E-state index contributed by atoms with van der Waals surface area (Å²) in [7, 11) is -3.29. The zero-order valence-corrected chi connectivity index (χ0v) is 12.3. The van der Waals surface area contributed by atoms with Crippen LogP contribution in [0.2, 0.25) is 5.02 Å². The van der Waals surface area contributed by atoms with Gasteiger partial charge in [0, 0.05) is 0 Å². The van der Waals surface area contributed by atoms with Crippen molar-refractivity contribution in [2.45, 2.75) is 10.9 Å². The fourth-order valence-electron chi connectivity index (χ4n) is 1.40. The van der Waals surface area contributed by atoms with Crippen molar-refractivity contribution in [1.29, 1.82) is 0 Å². The predicted octanol–water partition coefficient (Wildman–Crippen LogP) is -0.150. The topological polar surface area (TPSA) is 130 Å². The second kappa shape index (κ2) is 6.85. The Morgan fingerprint density at radius 1 is 1.43 bits per heavy atom. The number of aliphatic hydroxyl groups is 1. The van der Waals surface area contributed by atoms with Gasteiger partial charge in [-0.2, -0.15) is 4.72 Å². The molecule has 0 amide bonds. The van der Waals surface area contributed by atoms with E-state index in [9.17, 15) is 18.0 Å². The molecule has 0 saturated heterocycles. The molecule has 1 aromatic rings. The Morgan fingerprint density at radius 2 is 2.05 bits per heavy atom. The summed E-state index contributed by atoms with van der Waals surface area (Å²) in [5.41, 5.74) is -0.293. The number of aliphatic hydroxyl groups excluding tert-OH is 1. The van der Waals surface area contributed by atoms with Gasteiger partial charge in [-0.15, -0.1) is 0 Å². The third kappa shape index (κ3) is 4.14. The van der Waals surface area contributed by atoms with Crippen LogP contribution in [0.3, 0.4) is 0 Å². The van der Waals surface area contributed by atoms with Crippen LogP contribution in [-0.2, 0) is 19.6 Å². The van der Waals surface area contributed by atoms with Crippen molar-refractivity contribution in [1.82, 2.24) is 4.72 Å². The molecular weight excluding hydrogens is 326 g/mol. The Balaban J connectivity index is 3.21. The average Bonchev–Trinajstić information content (AvgIpc) is 2.43. The van der Waals surface area contributed by atoms with Crippen molar-refractivity contribution in [2.75, 3.05) is 13.7 Å². The molecule has 0 aliphatic rings. The maximum Gasteiger partial charge on any atom is 0.335 e. The molecule has 0 aromatic heterocycles. The van der Waals surface area contributed by atoms with E-state index in [1.54, 1.807) is 0 Å². The van der Waals surface area contributed by atoms with E-state index < -0.39 is 39.5 Å². The number of esters is 1. The molecule has 1 rings (SSSR count). The first-order chi connectivity index (χ1) is 9.72. The van der Waals surface area contributed by atoms with Gasteiger partial charge in [0.1, 0.15) is 10.9 Å². The molecule has 0 radical (unpaired) electrons. The van der Waals surface area contributed by atoms with Crippen LogP contribution >= 0.6 is 11.6 Å². The SMILES string of the molecule is COC(=O)C(CO)NS(=O)(=O)c1cc(C(=O)O)ccc1Cl. The fourth-order valence-corrected chi connectivity index (χ4v) is 3.10. The first kappa shape index (κ1) is 17.4. The van der Waals surface area contributed by atoms with Gasteiger partial charge in [0.25, 0.3) is 0 Å². The quantitative estimate of drug-likeness (QED) is 0.615. The number of rotatable bonds is 6. The minimum absolute atomic E-state index is 0.228. The molecular formula is C11H12ClNO7S. The van der Waals surface area contributed by atoms with Crippen LogP contribution in [0.15, 0.2) is 23.1 Å². The van der Waals surface area contributed by atoms with Gasteiger partial charge in [-0.25, -0.2) is 13.2 Å². The molecule has 1 aromatic carbocycles. The van der Waals surface area contributed by atoms with E-state index in [0.29, 0.717) is 0 Å². The highest BCUT2D eigenvalue weighted by molar-refractivity contribution is 7.89. The molecule has 8 nitrogen and oxygen atoms in total. The van der Waals surface area contributed by atoms with Crippen LogP contribution in [-0.4, -0.2) is 50.3 Å². The number of carboxylic acids is 1. The zero-order chi connectivity index (χ0) is 16.2. The van der Waals surface area contributed by atoms with Gasteiger partial charge in [0.15, 0.2) is 0 Å². The van der Waals surface area contributed by atoms with Crippen molar-refractivity contribution in [3.63, 3.8) is 0 Å². The first-order valence-electron chi connectivity index (χ1n) is 5.46. The number of aromatic carboxylic acids is 1. The lowest BCUT2D eigenvalue weighted by Gasteiger charge is -2.15. The summed E-state index contributed by atoms with van der Waals surface area (Å²) in [6, 6.07) is 1.56. The van der Waals surface area contributed by atoms with Crippen LogP contribution in [0.1, 0.15) is 10.4 Å². The molecule has 3 N–H and O–H groups in total. The number of benzene rings is 1. The number of ether oxygens (including phenoxy) is 1. The molecule has 1 atom stereocenters. The third-order valence-electron chi connectivity index (χ3n) is 2.43. The Kier molecular flexibility index (Phi) is 5.67. The number of carboxylic acid groups (broad SMARTS) is 1. The summed E-state index contributed by atoms with van der Waals surface area (Å²) in [5.74, 6) is -2.33. The van der Waals surface area contributed by atoms with E-state index in [0.717, 1.165) is 25.3 Å². The number of sulfonamides is 1. The van der Waals surface area contributed by atoms with Crippen molar-refractivity contribution in [2.24, 2.45) is 0 Å². The van der Waals surface area contributed by atoms with E-state index in [4.69, 9.17) is 21.8 Å². The lowest BCUT2D eigenvalue weighted by Crippen LogP contribution is -2.44. The van der Waals surface area contributed by atoms with Gasteiger partial charge in [-0.05, 0) is 18.2 Å². The van der Waals surface area contributed by atoms with E-state index in [1.165, 1.54) is 0 Å². The summed E-state index contributed by atoms with van der Waals surface area (Å²) < 4.78 is 30.4. The number of halogens is 1. The largest absolute Gasteiger partial charge is 0.478 e. The van der Waals surface area contributed by atoms with Crippen LogP contribution in [0, 0.1) is 0 Å². The summed E-state index contributed by atoms with van der Waals surface area (Å²) in [5, 5.41) is 17.6. The first-order valence-corrected chi connectivity index (χ1v) is 7.33. The molecule has 0 aliphatic heterocycles. The molecule has 21 heavy (non-hydrogen) atoms. The third-order valence-corrected chi connectivity index (χ3v) is 4.39. The van der Waals surface area contributed by atoms with Crippen LogP contribution < -0.4 is 4.72 Å². The number of hydrogen-bond acceptors (Lipinski definition) is 6. The van der Waals surface area contributed by atoms with Crippen molar-refractivity contribution < 1.29 is 33.0 Å². The molecule has 0 spiro atoms. The number of methoxy groups -OCH3 is 1. The van der Waals surface area contributed by atoms with Gasteiger partial charge in [0.2, 0.25) is 10.0 Å². The summed E-state index contributed by atoms with van der Waals surface area (Å²) in [6.07, 6.45) is 0. The Labute approximate surface area is 125 Å². The minimum Gasteiger partial charge on any atom is -0.478 e. The molecule has 0 saturated carbocycles. The second-order valence-corrected chi connectivity index (χ2v) is 5.92. The van der Waals surface area contributed by atoms with Crippen LogP contribution in [0.25, 0.3) is 0 Å². The molecule has 1 unspecified atom stereocenters. The fraction of sp³-hybridized carbons (Fsp3) is 0.273. The molecule has 116 valence electrons. The number of hydrogen-bond donors (Lipinski definition) is 3. The molecule has 0 bridgehead atoms. The Morgan fingerprint density at radius 3 is 2.52 bits per heavy atom. The number of nitrogens with one attached hydrogen (secondary N) is 1. The monoisotopic (exact) mass is 337 g/mol. The van der Waals surface area contributed by atoms with Crippen molar-refractivity contribution >= 4 is 33.6 Å².